The van der Waals surface area contributed by atoms with Gasteiger partial charge >= 0.3 is 12.0 Å². The van der Waals surface area contributed by atoms with Crippen molar-refractivity contribution in [1.82, 2.24) is 10.6 Å². The Hall–Kier alpha value is -1.30. The molecule has 6 nitrogen and oxygen atoms in total. The number of carboxylic acid groups (broad SMARTS) is 1. The molecule has 18 heavy (non-hydrogen) atoms. The Morgan fingerprint density at radius 3 is 2.39 bits per heavy atom. The molecule has 0 aliphatic heterocycles. The minimum absolute atomic E-state index is 0.174. The van der Waals surface area contributed by atoms with E-state index >= 15 is 0 Å². The van der Waals surface area contributed by atoms with Gasteiger partial charge in [0.1, 0.15) is 5.54 Å². The minimum atomic E-state index is -1.01. The zero-order chi connectivity index (χ0) is 13.2. The fourth-order valence-corrected chi connectivity index (χ4v) is 2.06. The molecule has 2 fully saturated rings. The molecule has 0 heterocycles. The number of methoxy groups -OCH3 is 1. The molecule has 0 aromatic rings. The molecule has 2 aliphatic carbocycles. The van der Waals surface area contributed by atoms with E-state index in [0.29, 0.717) is 26.0 Å². The van der Waals surface area contributed by atoms with Gasteiger partial charge < -0.3 is 20.5 Å². The molecule has 0 unspecified atom stereocenters. The molecule has 0 radical (unpaired) electrons. The van der Waals surface area contributed by atoms with Crippen molar-refractivity contribution in [2.24, 2.45) is 5.41 Å². The van der Waals surface area contributed by atoms with E-state index in [1.54, 1.807) is 7.11 Å². The summed E-state index contributed by atoms with van der Waals surface area (Å²) in [6.07, 6.45) is 4.17. The molecule has 2 aliphatic rings. The summed E-state index contributed by atoms with van der Waals surface area (Å²) in [5, 5.41) is 14.3. The number of hydrogen-bond acceptors (Lipinski definition) is 3. The van der Waals surface area contributed by atoms with Crippen LogP contribution in [0.25, 0.3) is 0 Å². The second-order valence-corrected chi connectivity index (χ2v) is 5.44. The van der Waals surface area contributed by atoms with Gasteiger partial charge in [-0.15, -0.1) is 0 Å². The van der Waals surface area contributed by atoms with Gasteiger partial charge in [-0.3, -0.25) is 0 Å². The van der Waals surface area contributed by atoms with E-state index in [0.717, 1.165) is 19.3 Å². The predicted molar refractivity (Wildman–Crippen MR) is 64.3 cm³/mol. The number of hydrogen-bond donors (Lipinski definition) is 3. The van der Waals surface area contributed by atoms with Crippen LogP contribution in [-0.4, -0.2) is 42.9 Å². The van der Waals surface area contributed by atoms with Crippen molar-refractivity contribution >= 4 is 12.0 Å². The molecule has 0 atom stereocenters. The smallest absolute Gasteiger partial charge is 0.329 e. The van der Waals surface area contributed by atoms with Gasteiger partial charge in [0, 0.05) is 20.3 Å². The Labute approximate surface area is 106 Å². The Bertz CT molecular complexity index is 348. The van der Waals surface area contributed by atoms with Crippen LogP contribution in [0.5, 0.6) is 0 Å². The summed E-state index contributed by atoms with van der Waals surface area (Å²) in [7, 11) is 1.67. The van der Waals surface area contributed by atoms with Gasteiger partial charge in [-0.05, 0) is 37.5 Å². The average Bonchev–Trinajstić information content (AvgIpc) is 3.21. The quantitative estimate of drug-likeness (QED) is 0.626. The third kappa shape index (κ3) is 2.93. The second-order valence-electron chi connectivity index (χ2n) is 5.44. The third-order valence-electron chi connectivity index (χ3n) is 3.93. The molecule has 2 rings (SSSR count). The summed E-state index contributed by atoms with van der Waals surface area (Å²) < 4.78 is 5.04. The highest BCUT2D eigenvalue weighted by atomic mass is 16.5. The molecule has 0 aromatic carbocycles. The normalized spacial score (nSPS) is 22.1. The van der Waals surface area contributed by atoms with Crippen LogP contribution in [0.2, 0.25) is 0 Å². The van der Waals surface area contributed by atoms with Gasteiger partial charge in [0.05, 0.1) is 0 Å². The number of ether oxygens (including phenoxy) is 1. The van der Waals surface area contributed by atoms with Gasteiger partial charge in [-0.1, -0.05) is 0 Å². The fourth-order valence-electron chi connectivity index (χ4n) is 2.06. The van der Waals surface area contributed by atoms with Crippen molar-refractivity contribution in [2.45, 2.75) is 37.6 Å². The molecule has 6 heteroatoms. The minimum Gasteiger partial charge on any atom is -0.480 e. The standard InChI is InChI=1S/C12H20N2O4/c1-18-7-6-11(2-3-11)8-13-10(17)14-12(4-5-12)9(15)16/h2-8H2,1H3,(H,15,16)(H2,13,14,17). The zero-order valence-electron chi connectivity index (χ0n) is 10.6. The Balaban J connectivity index is 1.71. The summed E-state index contributed by atoms with van der Waals surface area (Å²) in [5.41, 5.74) is -0.833. The van der Waals surface area contributed by atoms with Crippen LogP contribution in [0, 0.1) is 5.41 Å². The van der Waals surface area contributed by atoms with Crippen LogP contribution in [0.1, 0.15) is 32.1 Å². The average molecular weight is 256 g/mol. The number of carbonyl (C=O) groups is 2. The van der Waals surface area contributed by atoms with E-state index < -0.39 is 11.5 Å². The van der Waals surface area contributed by atoms with Crippen LogP contribution in [0.4, 0.5) is 4.79 Å². The Morgan fingerprint density at radius 2 is 1.94 bits per heavy atom. The van der Waals surface area contributed by atoms with Crippen molar-refractivity contribution in [3.63, 3.8) is 0 Å². The first-order chi connectivity index (χ1) is 8.52. The van der Waals surface area contributed by atoms with Crippen molar-refractivity contribution in [2.75, 3.05) is 20.3 Å². The zero-order valence-corrected chi connectivity index (χ0v) is 10.6. The van der Waals surface area contributed by atoms with Crippen LogP contribution < -0.4 is 10.6 Å². The molecule has 0 spiro atoms. The molecule has 0 bridgehead atoms. The van der Waals surface area contributed by atoms with Crippen LogP contribution in [0.3, 0.4) is 0 Å². The second kappa shape index (κ2) is 4.76. The van der Waals surface area contributed by atoms with E-state index in [4.69, 9.17) is 9.84 Å². The van der Waals surface area contributed by atoms with E-state index in [9.17, 15) is 9.59 Å². The summed E-state index contributed by atoms with van der Waals surface area (Å²) in [6, 6.07) is -0.376. The molecular weight excluding hydrogens is 236 g/mol. The van der Waals surface area contributed by atoms with Gasteiger partial charge in [-0.2, -0.15) is 0 Å². The number of rotatable bonds is 7. The van der Waals surface area contributed by atoms with E-state index in [1.807, 2.05) is 0 Å². The Morgan fingerprint density at radius 1 is 1.28 bits per heavy atom. The van der Waals surface area contributed by atoms with Crippen LogP contribution in [-0.2, 0) is 9.53 Å². The summed E-state index contributed by atoms with van der Waals surface area (Å²) in [4.78, 5) is 22.5. The highest BCUT2D eigenvalue weighted by Crippen LogP contribution is 2.48. The highest BCUT2D eigenvalue weighted by molar-refractivity contribution is 5.88. The van der Waals surface area contributed by atoms with Crippen molar-refractivity contribution < 1.29 is 19.4 Å². The molecule has 3 N–H and O–H groups in total. The number of carboxylic acids is 1. The van der Waals surface area contributed by atoms with Crippen molar-refractivity contribution in [1.29, 1.82) is 0 Å². The Kier molecular flexibility index (Phi) is 3.47. The largest absolute Gasteiger partial charge is 0.480 e. The number of carbonyl (C=O) groups excluding carboxylic acids is 1. The third-order valence-corrected chi connectivity index (χ3v) is 3.93. The summed E-state index contributed by atoms with van der Waals surface area (Å²) in [5.74, 6) is -0.946. The monoisotopic (exact) mass is 256 g/mol. The first kappa shape index (κ1) is 13.1. The van der Waals surface area contributed by atoms with Crippen molar-refractivity contribution in [3.8, 4) is 0 Å². The van der Waals surface area contributed by atoms with Gasteiger partial charge in [0.25, 0.3) is 0 Å². The first-order valence-electron chi connectivity index (χ1n) is 6.30. The molecule has 2 saturated carbocycles. The fraction of sp³-hybridized carbons (Fsp3) is 0.833. The number of urea groups is 1. The lowest BCUT2D eigenvalue weighted by Crippen LogP contribution is -2.49. The first-order valence-corrected chi connectivity index (χ1v) is 6.30. The van der Waals surface area contributed by atoms with Crippen LogP contribution in [0.15, 0.2) is 0 Å². The molecule has 0 aromatic heterocycles. The van der Waals surface area contributed by atoms with Crippen LogP contribution >= 0.6 is 0 Å². The number of nitrogens with one attached hydrogen (secondary N) is 2. The summed E-state index contributed by atoms with van der Waals surface area (Å²) >= 11 is 0. The maximum atomic E-state index is 11.6. The van der Waals surface area contributed by atoms with E-state index in [-0.39, 0.29) is 11.4 Å². The maximum Gasteiger partial charge on any atom is 0.329 e. The molecule has 0 saturated heterocycles. The van der Waals surface area contributed by atoms with E-state index in [2.05, 4.69) is 10.6 Å². The van der Waals surface area contributed by atoms with E-state index in [1.165, 1.54) is 0 Å². The summed E-state index contributed by atoms with van der Waals surface area (Å²) in [6.45, 7) is 1.29. The topological polar surface area (TPSA) is 87.7 Å². The molecule has 102 valence electrons. The SMILES string of the molecule is COCCC1(CNC(=O)NC2(C(=O)O)CC2)CC1. The molecule has 2 amide bonds. The lowest BCUT2D eigenvalue weighted by Gasteiger charge is -2.18. The lowest BCUT2D eigenvalue weighted by molar-refractivity contribution is -0.140. The predicted octanol–water partition coefficient (Wildman–Crippen LogP) is 0.719. The number of aliphatic carboxylic acids is 1. The van der Waals surface area contributed by atoms with Gasteiger partial charge in [0.2, 0.25) is 0 Å². The van der Waals surface area contributed by atoms with Gasteiger partial charge in [-0.25, -0.2) is 9.59 Å². The lowest BCUT2D eigenvalue weighted by atomic mass is 10.0. The molecular formula is C12H20N2O4. The van der Waals surface area contributed by atoms with Gasteiger partial charge in [0.15, 0.2) is 0 Å². The highest BCUT2D eigenvalue weighted by Gasteiger charge is 2.52. The maximum absolute atomic E-state index is 11.6. The number of amides is 2. The van der Waals surface area contributed by atoms with Crippen molar-refractivity contribution in [3.05, 3.63) is 0 Å².